The summed E-state index contributed by atoms with van der Waals surface area (Å²) >= 11 is 1.61. The number of nitrogens with zero attached hydrogens (tertiary/aromatic N) is 4. The fraction of sp³-hybridized carbons (Fsp3) is 0.474. The fourth-order valence-electron chi connectivity index (χ4n) is 4.01. The van der Waals surface area contributed by atoms with Gasteiger partial charge in [-0.15, -0.1) is 0 Å². The lowest BCUT2D eigenvalue weighted by Crippen LogP contribution is -2.44. The molecule has 0 unspecified atom stereocenters. The molecule has 2 aliphatic heterocycles. The van der Waals surface area contributed by atoms with E-state index in [9.17, 15) is 13.2 Å². The first kappa shape index (κ1) is 19.4. The number of thiophene rings is 1. The van der Waals surface area contributed by atoms with Crippen molar-refractivity contribution in [1.29, 1.82) is 0 Å². The number of aryl methyl sites for hydroxylation is 1. The Kier molecular flexibility index (Phi) is 5.15. The first-order valence-electron chi connectivity index (χ1n) is 9.35. The highest BCUT2D eigenvalue weighted by molar-refractivity contribution is 7.89. The lowest BCUT2D eigenvalue weighted by molar-refractivity contribution is -0.128. The molecule has 150 valence electrons. The molecule has 2 aliphatic rings. The second-order valence-corrected chi connectivity index (χ2v) is 10.3. The van der Waals surface area contributed by atoms with Crippen LogP contribution in [0.25, 0.3) is 6.08 Å². The zero-order chi connectivity index (χ0) is 19.8. The van der Waals surface area contributed by atoms with Crippen LogP contribution in [0.3, 0.4) is 0 Å². The van der Waals surface area contributed by atoms with Gasteiger partial charge in [0.05, 0.1) is 6.33 Å². The molecular formula is C19H24N4O3S2. The molecular weight excluding hydrogens is 396 g/mol. The average Bonchev–Trinajstić information content (AvgIpc) is 3.42. The number of likely N-dealkylation sites (tertiary alicyclic amines) is 1. The SMILES string of the molecule is Cn1cnc(S(=O)(=O)N2CCC3(CCN(C(=O)/C=C/c4ccsc4)CC3)C2)c1. The molecule has 0 aliphatic carbocycles. The first-order chi connectivity index (χ1) is 13.4. The fourth-order valence-corrected chi connectivity index (χ4v) is 6.15. The molecule has 2 fully saturated rings. The van der Waals surface area contributed by atoms with E-state index in [0.717, 1.165) is 24.8 Å². The van der Waals surface area contributed by atoms with Gasteiger partial charge in [-0.2, -0.15) is 15.6 Å². The van der Waals surface area contributed by atoms with Crippen molar-refractivity contribution in [2.45, 2.75) is 24.3 Å². The Morgan fingerprint density at radius 2 is 2.00 bits per heavy atom. The van der Waals surface area contributed by atoms with Gasteiger partial charge in [0, 0.05) is 45.5 Å². The van der Waals surface area contributed by atoms with Crippen LogP contribution in [0.1, 0.15) is 24.8 Å². The third-order valence-electron chi connectivity index (χ3n) is 5.79. The molecule has 4 heterocycles. The van der Waals surface area contributed by atoms with Crippen molar-refractivity contribution in [3.8, 4) is 0 Å². The summed E-state index contributed by atoms with van der Waals surface area (Å²) in [6.45, 7) is 2.37. The zero-order valence-corrected chi connectivity index (χ0v) is 17.5. The van der Waals surface area contributed by atoms with Gasteiger partial charge < -0.3 is 9.47 Å². The van der Waals surface area contributed by atoms with Crippen LogP contribution in [0.5, 0.6) is 0 Å². The van der Waals surface area contributed by atoms with Crippen LogP contribution in [0, 0.1) is 5.41 Å². The van der Waals surface area contributed by atoms with E-state index >= 15 is 0 Å². The quantitative estimate of drug-likeness (QED) is 0.711. The van der Waals surface area contributed by atoms with E-state index in [2.05, 4.69) is 4.98 Å². The summed E-state index contributed by atoms with van der Waals surface area (Å²) in [5.74, 6) is 0.0250. The minimum Gasteiger partial charge on any atom is -0.339 e. The average molecular weight is 421 g/mol. The highest BCUT2D eigenvalue weighted by Crippen LogP contribution is 2.42. The second-order valence-electron chi connectivity index (χ2n) is 7.68. The number of rotatable bonds is 4. The number of amides is 1. The summed E-state index contributed by atoms with van der Waals surface area (Å²) in [5.41, 5.74) is 1.01. The van der Waals surface area contributed by atoms with Gasteiger partial charge in [0.1, 0.15) is 0 Å². The Morgan fingerprint density at radius 3 is 2.64 bits per heavy atom. The van der Waals surface area contributed by atoms with Crippen LogP contribution in [0.15, 0.2) is 40.5 Å². The van der Waals surface area contributed by atoms with Gasteiger partial charge in [0.15, 0.2) is 5.03 Å². The largest absolute Gasteiger partial charge is 0.339 e. The van der Waals surface area contributed by atoms with Gasteiger partial charge in [-0.3, -0.25) is 4.79 Å². The molecule has 0 N–H and O–H groups in total. The van der Waals surface area contributed by atoms with Gasteiger partial charge >= 0.3 is 0 Å². The van der Waals surface area contributed by atoms with Crippen LogP contribution in [-0.4, -0.2) is 59.3 Å². The summed E-state index contributed by atoms with van der Waals surface area (Å²) in [6, 6.07) is 1.98. The predicted octanol–water partition coefficient (Wildman–Crippen LogP) is 2.20. The topological polar surface area (TPSA) is 75.5 Å². The van der Waals surface area contributed by atoms with E-state index in [0.29, 0.717) is 26.2 Å². The second kappa shape index (κ2) is 7.46. The smallest absolute Gasteiger partial charge is 0.262 e. The van der Waals surface area contributed by atoms with Crippen LogP contribution in [0.4, 0.5) is 0 Å². The van der Waals surface area contributed by atoms with Crippen molar-refractivity contribution in [3.63, 3.8) is 0 Å². The molecule has 1 spiro atoms. The molecule has 0 atom stereocenters. The van der Waals surface area contributed by atoms with E-state index in [4.69, 9.17) is 0 Å². The van der Waals surface area contributed by atoms with Crippen molar-refractivity contribution < 1.29 is 13.2 Å². The lowest BCUT2D eigenvalue weighted by atomic mass is 9.78. The summed E-state index contributed by atoms with van der Waals surface area (Å²) in [6.07, 6.45) is 9.03. The minimum absolute atomic E-state index is 0.0250. The molecule has 4 rings (SSSR count). The Labute approximate surface area is 169 Å². The summed E-state index contributed by atoms with van der Waals surface area (Å²) in [4.78, 5) is 18.3. The molecule has 0 bridgehead atoms. The molecule has 28 heavy (non-hydrogen) atoms. The molecule has 0 radical (unpaired) electrons. The number of hydrogen-bond acceptors (Lipinski definition) is 5. The summed E-state index contributed by atoms with van der Waals surface area (Å²) < 4.78 is 28.8. The van der Waals surface area contributed by atoms with Gasteiger partial charge in [-0.1, -0.05) is 0 Å². The molecule has 1 amide bonds. The highest BCUT2D eigenvalue weighted by atomic mass is 32.2. The molecule has 9 heteroatoms. The minimum atomic E-state index is -3.55. The maximum atomic E-state index is 12.8. The van der Waals surface area contributed by atoms with Gasteiger partial charge in [0.25, 0.3) is 10.0 Å². The number of imidazole rings is 1. The molecule has 2 aromatic heterocycles. The van der Waals surface area contributed by atoms with Crippen molar-refractivity contribution in [2.24, 2.45) is 12.5 Å². The molecule has 2 saturated heterocycles. The van der Waals surface area contributed by atoms with E-state index in [1.165, 1.54) is 6.33 Å². The number of carbonyl (C=O) groups is 1. The van der Waals surface area contributed by atoms with Gasteiger partial charge in [-0.05, 0) is 53.1 Å². The zero-order valence-electron chi connectivity index (χ0n) is 15.8. The lowest BCUT2D eigenvalue weighted by Gasteiger charge is -2.38. The normalized spacial score (nSPS) is 20.4. The Balaban J connectivity index is 1.36. The summed E-state index contributed by atoms with van der Waals surface area (Å²) in [5, 5.41) is 4.10. The molecule has 0 saturated carbocycles. The van der Waals surface area contributed by atoms with E-state index in [1.54, 1.807) is 39.5 Å². The number of sulfonamides is 1. The first-order valence-corrected chi connectivity index (χ1v) is 11.7. The van der Waals surface area contributed by atoms with E-state index in [-0.39, 0.29) is 16.3 Å². The molecule has 7 nitrogen and oxygen atoms in total. The van der Waals surface area contributed by atoms with Gasteiger partial charge in [-0.25, -0.2) is 13.4 Å². The molecule has 0 aromatic carbocycles. The number of hydrogen-bond donors (Lipinski definition) is 0. The van der Waals surface area contributed by atoms with Crippen LogP contribution in [-0.2, 0) is 21.9 Å². The Morgan fingerprint density at radius 1 is 1.25 bits per heavy atom. The van der Waals surface area contributed by atoms with Crippen LogP contribution < -0.4 is 0 Å². The van der Waals surface area contributed by atoms with E-state index < -0.39 is 10.0 Å². The molecule has 2 aromatic rings. The number of piperidine rings is 1. The van der Waals surface area contributed by atoms with Crippen molar-refractivity contribution in [1.82, 2.24) is 18.8 Å². The Bertz CT molecular complexity index is 971. The summed E-state index contributed by atoms with van der Waals surface area (Å²) in [7, 11) is -1.79. The van der Waals surface area contributed by atoms with Crippen molar-refractivity contribution in [3.05, 3.63) is 41.0 Å². The third kappa shape index (κ3) is 3.78. The van der Waals surface area contributed by atoms with Crippen LogP contribution in [0.2, 0.25) is 0 Å². The predicted molar refractivity (Wildman–Crippen MR) is 108 cm³/mol. The maximum Gasteiger partial charge on any atom is 0.262 e. The number of carbonyl (C=O) groups excluding carboxylic acids is 1. The van der Waals surface area contributed by atoms with Gasteiger partial charge in [0.2, 0.25) is 5.91 Å². The van der Waals surface area contributed by atoms with Crippen molar-refractivity contribution in [2.75, 3.05) is 26.2 Å². The maximum absolute atomic E-state index is 12.8. The third-order valence-corrected chi connectivity index (χ3v) is 8.22. The van der Waals surface area contributed by atoms with Crippen LogP contribution >= 0.6 is 11.3 Å². The standard InChI is InChI=1S/C19H24N4O3S2/c1-21-12-17(20-15-21)28(25,26)23-10-7-19(14-23)5-8-22(9-6-19)18(24)3-2-16-4-11-27-13-16/h2-4,11-13,15H,5-10,14H2,1H3/b3-2+. The Hall–Kier alpha value is -1.97. The van der Waals surface area contributed by atoms with Crippen molar-refractivity contribution >= 4 is 33.3 Å². The van der Waals surface area contributed by atoms with E-state index in [1.807, 2.05) is 27.8 Å². The monoisotopic (exact) mass is 420 g/mol. The number of aromatic nitrogens is 2. The highest BCUT2D eigenvalue weighted by Gasteiger charge is 2.45.